The van der Waals surface area contributed by atoms with Crippen LogP contribution in [0, 0.1) is 0 Å². The lowest BCUT2D eigenvalue weighted by Crippen LogP contribution is -1.98. The highest BCUT2D eigenvalue weighted by molar-refractivity contribution is 7.17. The summed E-state index contributed by atoms with van der Waals surface area (Å²) in [5.74, 6) is 0. The first-order valence-corrected chi connectivity index (χ1v) is 6.84. The molecule has 0 amide bonds. The minimum atomic E-state index is 0.214. The third kappa shape index (κ3) is 3.14. The molecule has 0 bridgehead atoms. The molecule has 0 saturated heterocycles. The second-order valence-electron chi connectivity index (χ2n) is 3.39. The molecule has 0 atom stereocenters. The number of hydrogen-bond acceptors (Lipinski definition) is 4. The van der Waals surface area contributed by atoms with Crippen molar-refractivity contribution in [2.24, 2.45) is 0 Å². The number of hydrogen-bond donors (Lipinski definition) is 1. The molecule has 0 spiro atoms. The molecule has 0 aliphatic rings. The Morgan fingerprint density at radius 3 is 2.67 bits per heavy atom. The van der Waals surface area contributed by atoms with Crippen molar-refractivity contribution in [2.75, 3.05) is 5.32 Å². The van der Waals surface area contributed by atoms with Gasteiger partial charge in [-0.2, -0.15) is 0 Å². The summed E-state index contributed by atoms with van der Waals surface area (Å²) in [5, 5.41) is 4.89. The molecule has 0 fully saturated rings. The molecular formula is C11H7Cl3N2OS. The first kappa shape index (κ1) is 13.6. The maximum absolute atomic E-state index is 10.6. The molecule has 0 radical (unpaired) electrons. The van der Waals surface area contributed by atoms with Gasteiger partial charge in [0.1, 0.15) is 4.88 Å². The minimum absolute atomic E-state index is 0.214. The lowest BCUT2D eigenvalue weighted by Gasteiger charge is -2.04. The van der Waals surface area contributed by atoms with Crippen molar-refractivity contribution in [1.29, 1.82) is 0 Å². The minimum Gasteiger partial charge on any atom is -0.357 e. The van der Waals surface area contributed by atoms with Gasteiger partial charge in [0.25, 0.3) is 0 Å². The van der Waals surface area contributed by atoms with Gasteiger partial charge in [-0.1, -0.05) is 52.2 Å². The largest absolute Gasteiger partial charge is 0.357 e. The summed E-state index contributed by atoms with van der Waals surface area (Å²) in [6.07, 6.45) is 0.685. The maximum atomic E-state index is 10.6. The van der Waals surface area contributed by atoms with Crippen molar-refractivity contribution in [2.45, 2.75) is 6.54 Å². The number of carbonyl (C=O) groups excluding carboxylic acids is 1. The molecule has 1 aromatic carbocycles. The van der Waals surface area contributed by atoms with Crippen molar-refractivity contribution >= 4 is 57.6 Å². The van der Waals surface area contributed by atoms with Crippen LogP contribution in [0.1, 0.15) is 15.2 Å². The van der Waals surface area contributed by atoms with E-state index < -0.39 is 0 Å². The number of nitrogens with zero attached hydrogens (tertiary/aromatic N) is 1. The first-order chi connectivity index (χ1) is 8.60. The Kier molecular flexibility index (Phi) is 4.45. The first-order valence-electron chi connectivity index (χ1n) is 4.89. The number of anilines is 1. The molecule has 0 aliphatic carbocycles. The zero-order chi connectivity index (χ0) is 13.1. The molecule has 3 nitrogen and oxygen atoms in total. The van der Waals surface area contributed by atoms with Gasteiger partial charge < -0.3 is 5.32 Å². The highest BCUT2D eigenvalue weighted by Crippen LogP contribution is 2.26. The Hall–Kier alpha value is -0.810. The van der Waals surface area contributed by atoms with E-state index in [4.69, 9.17) is 34.8 Å². The van der Waals surface area contributed by atoms with Gasteiger partial charge in [-0.25, -0.2) is 4.98 Å². The Labute approximate surface area is 123 Å². The molecule has 0 saturated carbocycles. The Morgan fingerprint density at radius 2 is 2.06 bits per heavy atom. The van der Waals surface area contributed by atoms with E-state index >= 15 is 0 Å². The molecule has 0 aliphatic heterocycles. The summed E-state index contributed by atoms with van der Waals surface area (Å²) < 4.78 is 0. The van der Waals surface area contributed by atoms with Crippen molar-refractivity contribution in [1.82, 2.24) is 4.98 Å². The highest BCUT2D eigenvalue weighted by Gasteiger charge is 2.08. The molecule has 94 valence electrons. The van der Waals surface area contributed by atoms with Gasteiger partial charge in [0.05, 0.1) is 10.0 Å². The van der Waals surface area contributed by atoms with Gasteiger partial charge in [0.2, 0.25) is 0 Å². The van der Waals surface area contributed by atoms with E-state index in [0.29, 0.717) is 32.9 Å². The van der Waals surface area contributed by atoms with Gasteiger partial charge in [-0.15, -0.1) is 0 Å². The highest BCUT2D eigenvalue weighted by atomic mass is 35.5. The number of benzene rings is 1. The molecule has 2 aromatic rings. The van der Waals surface area contributed by atoms with Crippen LogP contribution in [-0.2, 0) is 6.54 Å². The summed E-state index contributed by atoms with van der Waals surface area (Å²) in [4.78, 5) is 15.1. The van der Waals surface area contributed by atoms with Crippen LogP contribution in [0.25, 0.3) is 0 Å². The van der Waals surface area contributed by atoms with Crippen molar-refractivity contribution in [3.8, 4) is 0 Å². The molecule has 1 aromatic heterocycles. The average molecular weight is 322 g/mol. The second kappa shape index (κ2) is 5.89. The topological polar surface area (TPSA) is 42.0 Å². The normalized spacial score (nSPS) is 10.4. The molecule has 2 rings (SSSR count). The third-order valence-electron chi connectivity index (χ3n) is 2.14. The van der Waals surface area contributed by atoms with Crippen LogP contribution in [0.15, 0.2) is 18.2 Å². The number of thiazole rings is 1. The predicted molar refractivity (Wildman–Crippen MR) is 76.3 cm³/mol. The Balaban J connectivity index is 2.06. The smallest absolute Gasteiger partial charge is 0.185 e. The zero-order valence-corrected chi connectivity index (χ0v) is 12.0. The fourth-order valence-corrected chi connectivity index (χ4v) is 2.57. The van der Waals surface area contributed by atoms with Crippen LogP contribution in [-0.4, -0.2) is 11.3 Å². The molecule has 0 unspecified atom stereocenters. The summed E-state index contributed by atoms with van der Waals surface area (Å²) in [7, 11) is 0. The standard InChI is InChI=1S/C11H7Cl3N2OS/c12-7-2-1-6(3-8(7)13)4-15-11-16-10(14)9(5-17)18-11/h1-3,5H,4H2,(H,15,16). The van der Waals surface area contributed by atoms with E-state index in [1.807, 2.05) is 6.07 Å². The van der Waals surface area contributed by atoms with Crippen LogP contribution in [0.3, 0.4) is 0 Å². The van der Waals surface area contributed by atoms with E-state index in [2.05, 4.69) is 10.3 Å². The predicted octanol–water partition coefficient (Wildman–Crippen LogP) is 4.53. The van der Waals surface area contributed by atoms with Gasteiger partial charge in [-0.3, -0.25) is 4.79 Å². The van der Waals surface area contributed by atoms with E-state index in [0.717, 1.165) is 5.56 Å². The fraction of sp³-hybridized carbons (Fsp3) is 0.0909. The second-order valence-corrected chi connectivity index (χ2v) is 5.60. The zero-order valence-electron chi connectivity index (χ0n) is 8.91. The fourth-order valence-electron chi connectivity index (χ4n) is 1.29. The quantitative estimate of drug-likeness (QED) is 0.841. The van der Waals surface area contributed by atoms with E-state index in [1.165, 1.54) is 11.3 Å². The third-order valence-corrected chi connectivity index (χ3v) is 4.22. The number of nitrogens with one attached hydrogen (secondary N) is 1. The van der Waals surface area contributed by atoms with Crippen LogP contribution in [0.2, 0.25) is 15.2 Å². The van der Waals surface area contributed by atoms with E-state index in [-0.39, 0.29) is 5.15 Å². The van der Waals surface area contributed by atoms with Crippen LogP contribution >= 0.6 is 46.1 Å². The Morgan fingerprint density at radius 1 is 1.28 bits per heavy atom. The van der Waals surface area contributed by atoms with E-state index in [9.17, 15) is 4.79 Å². The van der Waals surface area contributed by atoms with Crippen molar-refractivity contribution in [3.05, 3.63) is 43.8 Å². The number of aldehydes is 1. The number of aromatic nitrogens is 1. The van der Waals surface area contributed by atoms with Crippen LogP contribution in [0.4, 0.5) is 5.13 Å². The molecule has 1 heterocycles. The van der Waals surface area contributed by atoms with Gasteiger partial charge in [0.15, 0.2) is 16.6 Å². The van der Waals surface area contributed by atoms with Crippen LogP contribution < -0.4 is 5.32 Å². The number of carbonyl (C=O) groups is 1. The average Bonchev–Trinajstić information content (AvgIpc) is 2.71. The molecule has 7 heteroatoms. The lowest BCUT2D eigenvalue weighted by atomic mass is 10.2. The molecule has 18 heavy (non-hydrogen) atoms. The summed E-state index contributed by atoms with van der Waals surface area (Å²) in [6.45, 7) is 0.527. The van der Waals surface area contributed by atoms with Gasteiger partial charge >= 0.3 is 0 Å². The summed E-state index contributed by atoms with van der Waals surface area (Å²) in [5.41, 5.74) is 0.961. The van der Waals surface area contributed by atoms with Crippen molar-refractivity contribution in [3.63, 3.8) is 0 Å². The van der Waals surface area contributed by atoms with E-state index in [1.54, 1.807) is 12.1 Å². The number of rotatable bonds is 4. The maximum Gasteiger partial charge on any atom is 0.185 e. The van der Waals surface area contributed by atoms with Crippen molar-refractivity contribution < 1.29 is 4.79 Å². The SMILES string of the molecule is O=Cc1sc(NCc2ccc(Cl)c(Cl)c2)nc1Cl. The lowest BCUT2D eigenvalue weighted by molar-refractivity contribution is 0.112. The Bertz CT molecular complexity index is 586. The summed E-state index contributed by atoms with van der Waals surface area (Å²) in [6, 6.07) is 5.36. The summed E-state index contributed by atoms with van der Waals surface area (Å²) >= 11 is 18.7. The molecular weight excluding hydrogens is 315 g/mol. The molecule has 1 N–H and O–H groups in total. The number of halogens is 3. The monoisotopic (exact) mass is 320 g/mol. The van der Waals surface area contributed by atoms with Crippen LogP contribution in [0.5, 0.6) is 0 Å². The van der Waals surface area contributed by atoms with Gasteiger partial charge in [-0.05, 0) is 17.7 Å². The van der Waals surface area contributed by atoms with Gasteiger partial charge in [0, 0.05) is 6.54 Å².